The van der Waals surface area contributed by atoms with Crippen LogP contribution in [0.1, 0.15) is 51.4 Å². The summed E-state index contributed by atoms with van der Waals surface area (Å²) in [5, 5.41) is 18.2. The van der Waals surface area contributed by atoms with Gasteiger partial charge in [-0.3, -0.25) is 4.79 Å². The number of aromatic carboxylic acids is 1. The summed E-state index contributed by atoms with van der Waals surface area (Å²) in [5.74, 6) is -1.26. The normalized spacial score (nSPS) is 14.9. The van der Waals surface area contributed by atoms with E-state index in [1.165, 1.54) is 0 Å². The number of amides is 1. The quantitative estimate of drug-likeness (QED) is 0.758. The van der Waals surface area contributed by atoms with Gasteiger partial charge in [-0.25, -0.2) is 4.79 Å². The maximum Gasteiger partial charge on any atom is 0.352 e. The third-order valence-electron chi connectivity index (χ3n) is 3.98. The van der Waals surface area contributed by atoms with Crippen LogP contribution in [-0.4, -0.2) is 51.2 Å². The Labute approximate surface area is 117 Å². The van der Waals surface area contributed by atoms with Gasteiger partial charge in [0.05, 0.1) is 12.2 Å². The van der Waals surface area contributed by atoms with Crippen molar-refractivity contribution in [2.75, 3.05) is 13.2 Å². The number of nitrogens with zero attached hydrogens (tertiary/aromatic N) is 1. The van der Waals surface area contributed by atoms with Crippen LogP contribution in [0, 0.1) is 13.8 Å². The Bertz CT molecular complexity index is 532. The minimum Gasteiger partial charge on any atom is -0.477 e. The number of aliphatic hydroxyl groups is 1. The number of H-pyrrole nitrogens is 1. The predicted molar refractivity (Wildman–Crippen MR) is 73.0 cm³/mol. The summed E-state index contributed by atoms with van der Waals surface area (Å²) in [6.45, 7) is 3.54. The number of carbonyl (C=O) groups is 2. The Kier molecular flexibility index (Phi) is 4.13. The number of hydrogen-bond donors (Lipinski definition) is 3. The van der Waals surface area contributed by atoms with Gasteiger partial charge in [0, 0.05) is 18.3 Å². The molecule has 0 saturated heterocycles. The molecule has 1 saturated carbocycles. The number of aromatic amines is 1. The molecule has 1 aliphatic carbocycles. The van der Waals surface area contributed by atoms with E-state index >= 15 is 0 Å². The van der Waals surface area contributed by atoms with Crippen molar-refractivity contribution in [3.05, 3.63) is 22.5 Å². The summed E-state index contributed by atoms with van der Waals surface area (Å²) in [6.07, 6.45) is 2.98. The lowest BCUT2D eigenvalue weighted by molar-refractivity contribution is 0.0524. The van der Waals surface area contributed by atoms with Crippen molar-refractivity contribution in [3.63, 3.8) is 0 Å². The van der Waals surface area contributed by atoms with E-state index in [1.807, 2.05) is 0 Å². The fourth-order valence-electron chi connectivity index (χ4n) is 2.68. The van der Waals surface area contributed by atoms with Gasteiger partial charge in [0.15, 0.2) is 0 Å². The molecule has 0 bridgehead atoms. The Morgan fingerprint density at radius 2 is 2.00 bits per heavy atom. The van der Waals surface area contributed by atoms with Crippen LogP contribution in [0.3, 0.4) is 0 Å². The zero-order valence-electron chi connectivity index (χ0n) is 11.8. The molecule has 6 heteroatoms. The van der Waals surface area contributed by atoms with Crippen molar-refractivity contribution < 1.29 is 19.8 Å². The number of hydrogen-bond acceptors (Lipinski definition) is 3. The third-order valence-corrected chi connectivity index (χ3v) is 3.98. The Hall–Kier alpha value is -1.82. The molecule has 2 rings (SSSR count). The molecule has 1 aromatic heterocycles. The van der Waals surface area contributed by atoms with Crippen LogP contribution in [0.15, 0.2) is 0 Å². The molecule has 0 aromatic carbocycles. The van der Waals surface area contributed by atoms with E-state index in [9.17, 15) is 9.59 Å². The highest BCUT2D eigenvalue weighted by atomic mass is 16.4. The standard InChI is InChI=1S/C14H20N2O4/c1-8-11(9(2)15-12(8)14(19)20)13(18)16(6-7-17)10-4-3-5-10/h10,15,17H,3-7H2,1-2H3,(H,19,20). The predicted octanol–water partition coefficient (Wildman–Crippen LogP) is 1.32. The van der Waals surface area contributed by atoms with Crippen molar-refractivity contribution in [2.24, 2.45) is 0 Å². The van der Waals surface area contributed by atoms with E-state index in [-0.39, 0.29) is 30.8 Å². The fourth-order valence-corrected chi connectivity index (χ4v) is 2.68. The molecular formula is C14H20N2O4. The first-order valence-corrected chi connectivity index (χ1v) is 6.81. The SMILES string of the molecule is Cc1[nH]c(C(=O)O)c(C)c1C(=O)N(CCO)C1CCC1. The molecule has 0 atom stereocenters. The number of carboxylic acids is 1. The lowest BCUT2D eigenvalue weighted by Crippen LogP contribution is -2.45. The minimum absolute atomic E-state index is 0.0587. The number of aliphatic hydroxyl groups excluding tert-OH is 1. The maximum absolute atomic E-state index is 12.6. The zero-order valence-corrected chi connectivity index (χ0v) is 11.8. The molecule has 1 aliphatic rings. The monoisotopic (exact) mass is 280 g/mol. The van der Waals surface area contributed by atoms with Crippen LogP contribution < -0.4 is 0 Å². The van der Waals surface area contributed by atoms with Crippen LogP contribution in [-0.2, 0) is 0 Å². The Balaban J connectivity index is 2.33. The average Bonchev–Trinajstić information content (AvgIpc) is 2.61. The molecule has 1 heterocycles. The van der Waals surface area contributed by atoms with Gasteiger partial charge in [-0.1, -0.05) is 0 Å². The third kappa shape index (κ3) is 2.43. The molecule has 6 nitrogen and oxygen atoms in total. The summed E-state index contributed by atoms with van der Waals surface area (Å²) in [4.78, 5) is 28.2. The molecule has 20 heavy (non-hydrogen) atoms. The molecule has 0 radical (unpaired) electrons. The molecule has 0 aliphatic heterocycles. The van der Waals surface area contributed by atoms with E-state index in [1.54, 1.807) is 18.7 Å². The van der Waals surface area contributed by atoms with E-state index in [0.717, 1.165) is 19.3 Å². The molecule has 3 N–H and O–H groups in total. The highest BCUT2D eigenvalue weighted by molar-refractivity contribution is 6.01. The van der Waals surface area contributed by atoms with Gasteiger partial charge < -0.3 is 20.1 Å². The van der Waals surface area contributed by atoms with E-state index < -0.39 is 5.97 Å². The largest absolute Gasteiger partial charge is 0.477 e. The number of aryl methyl sites for hydroxylation is 1. The van der Waals surface area contributed by atoms with Crippen molar-refractivity contribution in [2.45, 2.75) is 39.2 Å². The topological polar surface area (TPSA) is 93.6 Å². The second-order valence-corrected chi connectivity index (χ2v) is 5.24. The summed E-state index contributed by atoms with van der Waals surface area (Å²) in [5.41, 5.74) is 1.50. The minimum atomic E-state index is -1.07. The van der Waals surface area contributed by atoms with Gasteiger partial charge in [-0.05, 0) is 38.7 Å². The van der Waals surface area contributed by atoms with Gasteiger partial charge >= 0.3 is 5.97 Å². The second kappa shape index (κ2) is 5.66. The van der Waals surface area contributed by atoms with E-state index in [4.69, 9.17) is 10.2 Å². The molecule has 1 amide bonds. The molecule has 1 aromatic rings. The number of nitrogens with one attached hydrogen (secondary N) is 1. The lowest BCUT2D eigenvalue weighted by Gasteiger charge is -2.37. The smallest absolute Gasteiger partial charge is 0.352 e. The number of rotatable bonds is 5. The average molecular weight is 280 g/mol. The Morgan fingerprint density at radius 1 is 1.35 bits per heavy atom. The summed E-state index contributed by atoms with van der Waals surface area (Å²) >= 11 is 0. The second-order valence-electron chi connectivity index (χ2n) is 5.24. The molecule has 0 spiro atoms. The van der Waals surface area contributed by atoms with Crippen LogP contribution in [0.5, 0.6) is 0 Å². The first-order chi connectivity index (χ1) is 9.47. The van der Waals surface area contributed by atoms with Crippen molar-refractivity contribution in [1.29, 1.82) is 0 Å². The van der Waals surface area contributed by atoms with E-state index in [0.29, 0.717) is 16.8 Å². The van der Waals surface area contributed by atoms with Gasteiger partial charge in [0.2, 0.25) is 0 Å². The molecule has 110 valence electrons. The number of carboxylic acid groups (broad SMARTS) is 1. The Morgan fingerprint density at radius 3 is 2.40 bits per heavy atom. The summed E-state index contributed by atoms with van der Waals surface area (Å²) in [7, 11) is 0. The number of carbonyl (C=O) groups excluding carboxylic acids is 1. The van der Waals surface area contributed by atoms with Gasteiger partial charge in [0.1, 0.15) is 5.69 Å². The van der Waals surface area contributed by atoms with Gasteiger partial charge in [-0.15, -0.1) is 0 Å². The van der Waals surface area contributed by atoms with Gasteiger partial charge in [0.25, 0.3) is 5.91 Å². The van der Waals surface area contributed by atoms with Crippen molar-refractivity contribution >= 4 is 11.9 Å². The lowest BCUT2D eigenvalue weighted by atomic mass is 9.90. The van der Waals surface area contributed by atoms with Crippen LogP contribution in [0.2, 0.25) is 0 Å². The van der Waals surface area contributed by atoms with Crippen molar-refractivity contribution in [3.8, 4) is 0 Å². The van der Waals surface area contributed by atoms with Gasteiger partial charge in [-0.2, -0.15) is 0 Å². The zero-order chi connectivity index (χ0) is 14.9. The molecular weight excluding hydrogens is 260 g/mol. The van der Waals surface area contributed by atoms with Crippen LogP contribution in [0.4, 0.5) is 0 Å². The van der Waals surface area contributed by atoms with Crippen molar-refractivity contribution in [1.82, 2.24) is 9.88 Å². The molecule has 0 unspecified atom stereocenters. The highest BCUT2D eigenvalue weighted by Gasteiger charge is 2.32. The highest BCUT2D eigenvalue weighted by Crippen LogP contribution is 2.28. The molecule has 1 fully saturated rings. The van der Waals surface area contributed by atoms with E-state index in [2.05, 4.69) is 4.98 Å². The number of aromatic nitrogens is 1. The van der Waals surface area contributed by atoms with Crippen LogP contribution >= 0.6 is 0 Å². The summed E-state index contributed by atoms with van der Waals surface area (Å²) < 4.78 is 0. The van der Waals surface area contributed by atoms with Crippen LogP contribution in [0.25, 0.3) is 0 Å². The first kappa shape index (κ1) is 14.6. The summed E-state index contributed by atoms with van der Waals surface area (Å²) in [6, 6.07) is 0.164. The first-order valence-electron chi connectivity index (χ1n) is 6.81. The maximum atomic E-state index is 12.6. The fraction of sp³-hybridized carbons (Fsp3) is 0.571.